The van der Waals surface area contributed by atoms with Crippen molar-refractivity contribution in [2.45, 2.75) is 31.4 Å². The SMILES string of the molecule is CN1C(=O)[C@@H](c2ccc3c(n2)c(C(N)=O)nn3C2CCCCO2)COc2ccccc21. The summed E-state index contributed by atoms with van der Waals surface area (Å²) in [5.74, 6) is -0.795. The Kier molecular flexibility index (Phi) is 4.82. The number of nitrogens with two attached hydrogens (primary N) is 1. The topological polar surface area (TPSA) is 113 Å². The largest absolute Gasteiger partial charge is 0.490 e. The van der Waals surface area contributed by atoms with E-state index in [1.807, 2.05) is 30.3 Å². The van der Waals surface area contributed by atoms with E-state index in [-0.39, 0.29) is 24.4 Å². The van der Waals surface area contributed by atoms with Gasteiger partial charge in [-0.2, -0.15) is 5.10 Å². The quantitative estimate of drug-likeness (QED) is 0.695. The molecule has 1 fully saturated rings. The van der Waals surface area contributed by atoms with Gasteiger partial charge in [-0.15, -0.1) is 0 Å². The first-order chi connectivity index (χ1) is 15.0. The van der Waals surface area contributed by atoms with Crippen molar-refractivity contribution in [3.05, 3.63) is 47.8 Å². The maximum Gasteiger partial charge on any atom is 0.271 e. The third kappa shape index (κ3) is 3.31. The van der Waals surface area contributed by atoms with Gasteiger partial charge in [0, 0.05) is 13.7 Å². The fraction of sp³-hybridized carbons (Fsp3) is 0.364. The lowest BCUT2D eigenvalue weighted by Crippen LogP contribution is -2.32. The molecule has 1 saturated heterocycles. The number of rotatable bonds is 3. The van der Waals surface area contributed by atoms with Crippen LogP contribution in [0.2, 0.25) is 0 Å². The summed E-state index contributed by atoms with van der Waals surface area (Å²) in [6.45, 7) is 0.786. The van der Waals surface area contributed by atoms with Gasteiger partial charge in [0.1, 0.15) is 23.8 Å². The summed E-state index contributed by atoms with van der Waals surface area (Å²) in [5, 5.41) is 4.41. The van der Waals surface area contributed by atoms with Crippen LogP contribution in [0.25, 0.3) is 11.0 Å². The van der Waals surface area contributed by atoms with Crippen molar-refractivity contribution < 1.29 is 19.1 Å². The van der Waals surface area contributed by atoms with Crippen LogP contribution in [0.1, 0.15) is 47.6 Å². The number of hydrogen-bond acceptors (Lipinski definition) is 6. The van der Waals surface area contributed by atoms with Crippen LogP contribution in [0.5, 0.6) is 5.75 Å². The van der Waals surface area contributed by atoms with Gasteiger partial charge in [-0.05, 0) is 43.5 Å². The Morgan fingerprint density at radius 1 is 1.19 bits per heavy atom. The third-order valence-electron chi connectivity index (χ3n) is 5.85. The number of ether oxygens (including phenoxy) is 2. The summed E-state index contributed by atoms with van der Waals surface area (Å²) in [5.41, 5.74) is 7.90. The van der Waals surface area contributed by atoms with E-state index in [1.54, 1.807) is 22.7 Å². The summed E-state index contributed by atoms with van der Waals surface area (Å²) >= 11 is 0. The summed E-state index contributed by atoms with van der Waals surface area (Å²) in [7, 11) is 1.72. The minimum Gasteiger partial charge on any atom is -0.490 e. The van der Waals surface area contributed by atoms with E-state index in [0.717, 1.165) is 19.3 Å². The minimum atomic E-state index is -0.669. The Bertz CT molecular complexity index is 1170. The predicted molar refractivity (Wildman–Crippen MR) is 113 cm³/mol. The molecule has 0 radical (unpaired) electrons. The number of primary amides is 1. The van der Waals surface area contributed by atoms with E-state index in [4.69, 9.17) is 15.2 Å². The molecule has 160 valence electrons. The Hall–Kier alpha value is -3.46. The molecule has 0 saturated carbocycles. The normalized spacial score (nSPS) is 21.5. The van der Waals surface area contributed by atoms with Gasteiger partial charge in [-0.3, -0.25) is 9.59 Å². The highest BCUT2D eigenvalue weighted by molar-refractivity contribution is 6.03. The molecule has 0 bridgehead atoms. The van der Waals surface area contributed by atoms with Crippen LogP contribution in [-0.2, 0) is 9.53 Å². The fourth-order valence-electron chi connectivity index (χ4n) is 4.20. The molecule has 31 heavy (non-hydrogen) atoms. The van der Waals surface area contributed by atoms with Crippen LogP contribution in [0.4, 0.5) is 5.69 Å². The number of amides is 2. The minimum absolute atomic E-state index is 0.0738. The van der Waals surface area contributed by atoms with E-state index in [1.165, 1.54) is 0 Å². The van der Waals surface area contributed by atoms with Crippen molar-refractivity contribution in [3.8, 4) is 5.75 Å². The lowest BCUT2D eigenvalue weighted by molar-refractivity contribution is -0.120. The lowest BCUT2D eigenvalue weighted by Gasteiger charge is -2.23. The highest BCUT2D eigenvalue weighted by atomic mass is 16.5. The number of hydrogen-bond donors (Lipinski definition) is 1. The van der Waals surface area contributed by atoms with Crippen LogP contribution in [-0.4, -0.2) is 46.8 Å². The van der Waals surface area contributed by atoms with Gasteiger partial charge in [0.05, 0.1) is 16.9 Å². The van der Waals surface area contributed by atoms with E-state index in [0.29, 0.717) is 34.8 Å². The second-order valence-corrected chi connectivity index (χ2v) is 7.81. The average Bonchev–Trinajstić information content (AvgIpc) is 3.13. The third-order valence-corrected chi connectivity index (χ3v) is 5.85. The van der Waals surface area contributed by atoms with Crippen molar-refractivity contribution in [3.63, 3.8) is 0 Å². The fourth-order valence-corrected chi connectivity index (χ4v) is 4.20. The molecule has 0 spiro atoms. The molecular formula is C22H23N5O4. The van der Waals surface area contributed by atoms with Crippen molar-refractivity contribution in [2.24, 2.45) is 5.73 Å². The highest BCUT2D eigenvalue weighted by Gasteiger charge is 2.32. The van der Waals surface area contributed by atoms with Crippen LogP contribution in [0, 0.1) is 0 Å². The standard InChI is InChI=1S/C22H23N5O4/c1-26-15-6-2-3-7-17(15)31-12-13(22(26)29)14-9-10-16-19(24-14)20(21(23)28)25-27(16)18-8-4-5-11-30-18/h2-3,6-7,9-10,13,18H,4-5,8,11-12H2,1H3,(H2,23,28)/t13-,18?/m1/s1. The maximum atomic E-state index is 13.2. The van der Waals surface area contributed by atoms with Crippen LogP contribution in [0.3, 0.4) is 0 Å². The molecule has 4 heterocycles. The average molecular weight is 421 g/mol. The second-order valence-electron chi connectivity index (χ2n) is 7.81. The molecular weight excluding hydrogens is 398 g/mol. The Balaban J connectivity index is 1.56. The number of carbonyl (C=O) groups is 2. The highest BCUT2D eigenvalue weighted by Crippen LogP contribution is 2.35. The molecule has 2 aliphatic heterocycles. The van der Waals surface area contributed by atoms with E-state index >= 15 is 0 Å². The Morgan fingerprint density at radius 3 is 2.81 bits per heavy atom. The maximum absolute atomic E-state index is 13.2. The van der Waals surface area contributed by atoms with Crippen LogP contribution >= 0.6 is 0 Å². The first-order valence-corrected chi connectivity index (χ1v) is 10.3. The number of aromatic nitrogens is 3. The summed E-state index contributed by atoms with van der Waals surface area (Å²) in [6.07, 6.45) is 2.56. The molecule has 1 aromatic carbocycles. The molecule has 2 atom stereocenters. The molecule has 2 aromatic heterocycles. The number of anilines is 1. The number of nitrogens with zero attached hydrogens (tertiary/aromatic N) is 4. The monoisotopic (exact) mass is 421 g/mol. The zero-order valence-electron chi connectivity index (χ0n) is 17.2. The zero-order chi connectivity index (χ0) is 21.5. The van der Waals surface area contributed by atoms with Gasteiger partial charge in [0.15, 0.2) is 11.9 Å². The van der Waals surface area contributed by atoms with Crippen LogP contribution < -0.4 is 15.4 Å². The number of benzene rings is 1. The van der Waals surface area contributed by atoms with Gasteiger partial charge in [0.25, 0.3) is 5.91 Å². The van der Waals surface area contributed by atoms with E-state index < -0.39 is 11.8 Å². The van der Waals surface area contributed by atoms with Crippen LogP contribution in [0.15, 0.2) is 36.4 Å². The predicted octanol–water partition coefficient (Wildman–Crippen LogP) is 2.37. The molecule has 1 unspecified atom stereocenters. The Morgan fingerprint density at radius 2 is 2.03 bits per heavy atom. The van der Waals surface area contributed by atoms with E-state index in [2.05, 4.69) is 10.1 Å². The van der Waals surface area contributed by atoms with Gasteiger partial charge in [-0.1, -0.05) is 12.1 Å². The first-order valence-electron chi connectivity index (χ1n) is 10.3. The number of para-hydroxylation sites is 2. The summed E-state index contributed by atoms with van der Waals surface area (Å²) in [4.78, 5) is 31.5. The molecule has 3 aromatic rings. The number of fused-ring (bicyclic) bond motifs is 2. The van der Waals surface area contributed by atoms with Crippen molar-refractivity contribution in [1.29, 1.82) is 0 Å². The van der Waals surface area contributed by atoms with Gasteiger partial charge in [-0.25, -0.2) is 9.67 Å². The van der Waals surface area contributed by atoms with Gasteiger partial charge >= 0.3 is 0 Å². The molecule has 0 aliphatic carbocycles. The molecule has 9 nitrogen and oxygen atoms in total. The number of carbonyl (C=O) groups excluding carboxylic acids is 2. The second kappa shape index (κ2) is 7.66. The van der Waals surface area contributed by atoms with Crippen molar-refractivity contribution >= 4 is 28.5 Å². The zero-order valence-corrected chi connectivity index (χ0v) is 17.2. The molecule has 2 aliphatic rings. The number of pyridine rings is 1. The van der Waals surface area contributed by atoms with Gasteiger partial charge < -0.3 is 20.1 Å². The summed E-state index contributed by atoms with van der Waals surface area (Å²) in [6, 6.07) is 11.0. The number of likely N-dealkylation sites (N-methyl/N-ethyl adjacent to an activating group) is 1. The molecule has 2 amide bonds. The Labute approximate surface area is 178 Å². The molecule has 9 heteroatoms. The van der Waals surface area contributed by atoms with Gasteiger partial charge in [0.2, 0.25) is 5.91 Å². The molecule has 2 N–H and O–H groups in total. The first kappa shape index (κ1) is 19.5. The summed E-state index contributed by atoms with van der Waals surface area (Å²) < 4.78 is 13.4. The van der Waals surface area contributed by atoms with E-state index in [9.17, 15) is 9.59 Å². The van der Waals surface area contributed by atoms with Crippen molar-refractivity contribution in [2.75, 3.05) is 25.2 Å². The lowest BCUT2D eigenvalue weighted by atomic mass is 10.0. The smallest absolute Gasteiger partial charge is 0.271 e. The molecule has 5 rings (SSSR count). The van der Waals surface area contributed by atoms with Crippen molar-refractivity contribution in [1.82, 2.24) is 14.8 Å².